The molecule has 2 heterocycles. The predicted molar refractivity (Wildman–Crippen MR) is 111 cm³/mol. The van der Waals surface area contributed by atoms with Crippen LogP contribution in [-0.4, -0.2) is 40.8 Å². The van der Waals surface area contributed by atoms with Crippen molar-refractivity contribution in [2.45, 2.75) is 33.1 Å². The lowest BCUT2D eigenvalue weighted by molar-refractivity contribution is 0.577. The molecule has 28 heavy (non-hydrogen) atoms. The highest BCUT2D eigenvalue weighted by molar-refractivity contribution is 5.79. The van der Waals surface area contributed by atoms with Gasteiger partial charge in [-0.2, -0.15) is 5.10 Å². The highest BCUT2D eigenvalue weighted by Crippen LogP contribution is 2.16. The van der Waals surface area contributed by atoms with Crippen LogP contribution in [0.5, 0.6) is 0 Å². The van der Waals surface area contributed by atoms with Crippen LogP contribution < -0.4 is 10.6 Å². The first-order chi connectivity index (χ1) is 13.7. The minimum Gasteiger partial charge on any atom is -0.461 e. The molecule has 0 spiro atoms. The lowest BCUT2D eigenvalue weighted by atomic mass is 10.0. The van der Waals surface area contributed by atoms with Gasteiger partial charge in [0.1, 0.15) is 5.82 Å². The Balaban J connectivity index is 1.51. The van der Waals surface area contributed by atoms with Crippen molar-refractivity contribution in [1.29, 1.82) is 0 Å². The quantitative estimate of drug-likeness (QED) is 0.412. The summed E-state index contributed by atoms with van der Waals surface area (Å²) in [6.45, 7) is 8.61. The summed E-state index contributed by atoms with van der Waals surface area (Å²) in [5, 5.41) is 13.8. The molecule has 0 aliphatic rings. The molecule has 7 nitrogen and oxygen atoms in total. The Labute approximate surface area is 165 Å². The summed E-state index contributed by atoms with van der Waals surface area (Å²) in [7, 11) is 0. The number of aromatic nitrogens is 3. The molecule has 0 bridgehead atoms. The molecule has 0 aliphatic heterocycles. The number of furan rings is 1. The standard InChI is InChI=1S/C21H28N6O/c1-4-22-21(24-14-16(3)17-9-7-15(2)8-10-17)23-12-11-19-25-20(27-26-19)18-6-5-13-28-18/h5-10,13,16H,4,11-12,14H2,1-3H3,(H2,22,23,24)(H,25,26,27). The zero-order valence-corrected chi connectivity index (χ0v) is 16.7. The van der Waals surface area contributed by atoms with Crippen molar-refractivity contribution in [3.8, 4) is 11.6 Å². The zero-order valence-electron chi connectivity index (χ0n) is 16.7. The molecule has 1 aromatic carbocycles. The fourth-order valence-electron chi connectivity index (χ4n) is 2.79. The molecule has 0 saturated carbocycles. The summed E-state index contributed by atoms with van der Waals surface area (Å²) in [4.78, 5) is 9.18. The maximum atomic E-state index is 5.32. The van der Waals surface area contributed by atoms with E-state index in [9.17, 15) is 0 Å². The van der Waals surface area contributed by atoms with Crippen LogP contribution in [0.3, 0.4) is 0 Å². The third kappa shape index (κ3) is 5.45. The molecule has 0 radical (unpaired) electrons. The van der Waals surface area contributed by atoms with E-state index in [1.165, 1.54) is 11.1 Å². The Hall–Kier alpha value is -3.09. The molecule has 0 saturated heterocycles. The normalized spacial score (nSPS) is 12.8. The van der Waals surface area contributed by atoms with E-state index in [0.29, 0.717) is 30.5 Å². The van der Waals surface area contributed by atoms with E-state index < -0.39 is 0 Å². The van der Waals surface area contributed by atoms with Crippen LogP contribution >= 0.6 is 0 Å². The van der Waals surface area contributed by atoms with Gasteiger partial charge >= 0.3 is 0 Å². The Morgan fingerprint density at radius 3 is 2.75 bits per heavy atom. The number of aryl methyl sites for hydroxylation is 1. The van der Waals surface area contributed by atoms with Crippen LogP contribution in [0.15, 0.2) is 52.1 Å². The van der Waals surface area contributed by atoms with Gasteiger partial charge in [-0.3, -0.25) is 10.1 Å². The Bertz CT molecular complexity index is 867. The van der Waals surface area contributed by atoms with E-state index in [4.69, 9.17) is 9.41 Å². The molecule has 0 fully saturated rings. The molecule has 148 valence electrons. The minimum atomic E-state index is 0.362. The van der Waals surface area contributed by atoms with Crippen LogP contribution in [0.2, 0.25) is 0 Å². The number of hydrogen-bond acceptors (Lipinski definition) is 4. The molecule has 3 rings (SSSR count). The molecule has 1 unspecified atom stereocenters. The van der Waals surface area contributed by atoms with Crippen molar-refractivity contribution in [2.24, 2.45) is 4.99 Å². The number of nitrogens with zero attached hydrogens (tertiary/aromatic N) is 3. The Morgan fingerprint density at radius 2 is 2.04 bits per heavy atom. The summed E-state index contributed by atoms with van der Waals surface area (Å²) in [5.74, 6) is 3.22. The largest absolute Gasteiger partial charge is 0.461 e. The van der Waals surface area contributed by atoms with Crippen LogP contribution in [0.4, 0.5) is 0 Å². The third-order valence-corrected chi connectivity index (χ3v) is 4.44. The number of aliphatic imine (C=N–C) groups is 1. The number of aromatic amines is 1. The maximum absolute atomic E-state index is 5.32. The number of H-pyrrole nitrogens is 1. The number of rotatable bonds is 8. The fourth-order valence-corrected chi connectivity index (χ4v) is 2.79. The van der Waals surface area contributed by atoms with E-state index in [1.807, 2.05) is 12.1 Å². The first-order valence-electron chi connectivity index (χ1n) is 9.69. The van der Waals surface area contributed by atoms with Crippen molar-refractivity contribution in [2.75, 3.05) is 19.6 Å². The van der Waals surface area contributed by atoms with Gasteiger partial charge in [-0.05, 0) is 31.5 Å². The van der Waals surface area contributed by atoms with Crippen molar-refractivity contribution in [3.05, 3.63) is 59.6 Å². The SMILES string of the molecule is CCNC(=NCC(C)c1ccc(C)cc1)NCCc1nc(-c2ccco2)n[nH]1. The summed E-state index contributed by atoms with van der Waals surface area (Å²) >= 11 is 0. The van der Waals surface area contributed by atoms with Gasteiger partial charge in [0, 0.05) is 32.0 Å². The molecule has 0 aliphatic carbocycles. The van der Waals surface area contributed by atoms with Gasteiger partial charge in [0.15, 0.2) is 11.7 Å². The number of benzene rings is 1. The zero-order chi connectivity index (χ0) is 19.8. The van der Waals surface area contributed by atoms with E-state index >= 15 is 0 Å². The van der Waals surface area contributed by atoms with Crippen LogP contribution in [0.25, 0.3) is 11.6 Å². The Kier molecular flexibility index (Phi) is 6.84. The lowest BCUT2D eigenvalue weighted by Gasteiger charge is -2.13. The van der Waals surface area contributed by atoms with Crippen LogP contribution in [0.1, 0.15) is 36.7 Å². The smallest absolute Gasteiger partial charge is 0.216 e. The number of hydrogen-bond donors (Lipinski definition) is 3. The molecule has 1 atom stereocenters. The van der Waals surface area contributed by atoms with Crippen molar-refractivity contribution in [3.63, 3.8) is 0 Å². The average Bonchev–Trinajstić information content (AvgIpc) is 3.38. The summed E-state index contributed by atoms with van der Waals surface area (Å²) in [6, 6.07) is 12.3. The second-order valence-electron chi connectivity index (χ2n) is 6.79. The predicted octanol–water partition coefficient (Wildman–Crippen LogP) is 3.27. The fraction of sp³-hybridized carbons (Fsp3) is 0.381. The summed E-state index contributed by atoms with van der Waals surface area (Å²) in [6.07, 6.45) is 2.33. The van der Waals surface area contributed by atoms with E-state index in [-0.39, 0.29) is 0 Å². The van der Waals surface area contributed by atoms with Crippen molar-refractivity contribution >= 4 is 5.96 Å². The highest BCUT2D eigenvalue weighted by atomic mass is 16.3. The monoisotopic (exact) mass is 380 g/mol. The van der Waals surface area contributed by atoms with E-state index in [0.717, 1.165) is 24.9 Å². The first-order valence-corrected chi connectivity index (χ1v) is 9.69. The molecule has 0 amide bonds. The third-order valence-electron chi connectivity index (χ3n) is 4.44. The second kappa shape index (κ2) is 9.73. The molecular weight excluding hydrogens is 352 g/mol. The van der Waals surface area contributed by atoms with E-state index in [1.54, 1.807) is 6.26 Å². The van der Waals surface area contributed by atoms with Gasteiger partial charge in [0.2, 0.25) is 5.82 Å². The number of guanidine groups is 1. The van der Waals surface area contributed by atoms with Crippen molar-refractivity contribution < 1.29 is 4.42 Å². The molecule has 2 aromatic heterocycles. The van der Waals surface area contributed by atoms with Gasteiger partial charge < -0.3 is 15.1 Å². The minimum absolute atomic E-state index is 0.362. The molecule has 3 N–H and O–H groups in total. The van der Waals surface area contributed by atoms with Gasteiger partial charge in [-0.25, -0.2) is 4.98 Å². The first kappa shape index (κ1) is 19.7. The molecule has 7 heteroatoms. The van der Waals surface area contributed by atoms with Crippen LogP contribution in [-0.2, 0) is 6.42 Å². The van der Waals surface area contributed by atoms with Gasteiger partial charge in [-0.1, -0.05) is 36.8 Å². The van der Waals surface area contributed by atoms with Gasteiger partial charge in [0.05, 0.1) is 6.26 Å². The van der Waals surface area contributed by atoms with Crippen LogP contribution in [0, 0.1) is 6.92 Å². The maximum Gasteiger partial charge on any atom is 0.216 e. The average molecular weight is 380 g/mol. The topological polar surface area (TPSA) is 91.1 Å². The van der Waals surface area contributed by atoms with E-state index in [2.05, 4.69) is 70.9 Å². The second-order valence-corrected chi connectivity index (χ2v) is 6.79. The summed E-state index contributed by atoms with van der Waals surface area (Å²) < 4.78 is 5.32. The summed E-state index contributed by atoms with van der Waals surface area (Å²) in [5.41, 5.74) is 2.58. The number of nitrogens with one attached hydrogen (secondary N) is 3. The Morgan fingerprint density at radius 1 is 1.21 bits per heavy atom. The molecular formula is C21H28N6O. The van der Waals surface area contributed by atoms with Crippen molar-refractivity contribution in [1.82, 2.24) is 25.8 Å². The highest BCUT2D eigenvalue weighted by Gasteiger charge is 2.09. The lowest BCUT2D eigenvalue weighted by Crippen LogP contribution is -2.38. The van der Waals surface area contributed by atoms with Gasteiger partial charge in [-0.15, -0.1) is 0 Å². The van der Waals surface area contributed by atoms with Gasteiger partial charge in [0.25, 0.3) is 0 Å². The molecule has 3 aromatic rings.